The Hall–Kier alpha value is 1.05. The summed E-state index contributed by atoms with van der Waals surface area (Å²) in [6.45, 7) is 4.05. The molecule has 0 heterocycles. The summed E-state index contributed by atoms with van der Waals surface area (Å²) in [6, 6.07) is 0. The lowest BCUT2D eigenvalue weighted by Gasteiger charge is -2.22. The normalized spacial score (nSPS) is 16.1. The van der Waals surface area contributed by atoms with Crippen molar-refractivity contribution in [2.75, 3.05) is 5.75 Å². The van der Waals surface area contributed by atoms with Gasteiger partial charge in [0.2, 0.25) is 0 Å². The molecule has 8 heavy (non-hydrogen) atoms. The molecular formula is C5H12S3. The van der Waals surface area contributed by atoms with Gasteiger partial charge in [-0.1, -0.05) is 6.92 Å². The third kappa shape index (κ3) is 3.15. The Bertz CT molecular complexity index is 64.6. The topological polar surface area (TPSA) is 0 Å². The maximum Gasteiger partial charge on any atom is 0.0557 e. The molecule has 0 fully saturated rings. The van der Waals surface area contributed by atoms with Gasteiger partial charge in [-0.15, -0.1) is 0 Å². The van der Waals surface area contributed by atoms with Gasteiger partial charge in [-0.2, -0.15) is 37.9 Å². The fourth-order valence-corrected chi connectivity index (χ4v) is 1.01. The molecule has 0 saturated heterocycles. The molecule has 0 aliphatic heterocycles. The van der Waals surface area contributed by atoms with Gasteiger partial charge in [0.15, 0.2) is 0 Å². The minimum absolute atomic E-state index is 0.179. The average Bonchev–Trinajstić information content (AvgIpc) is 1.62. The van der Waals surface area contributed by atoms with Crippen LogP contribution in [0, 0.1) is 5.92 Å². The van der Waals surface area contributed by atoms with Crippen molar-refractivity contribution in [3.8, 4) is 0 Å². The van der Waals surface area contributed by atoms with Gasteiger partial charge in [-0.25, -0.2) is 0 Å². The zero-order valence-corrected chi connectivity index (χ0v) is 7.81. The van der Waals surface area contributed by atoms with Crippen molar-refractivity contribution in [3.05, 3.63) is 0 Å². The van der Waals surface area contributed by atoms with E-state index in [1.54, 1.807) is 0 Å². The van der Waals surface area contributed by atoms with E-state index in [9.17, 15) is 0 Å². The van der Waals surface area contributed by atoms with Crippen LogP contribution in [-0.4, -0.2) is 9.83 Å². The maximum absolute atomic E-state index is 4.24. The third-order valence-electron chi connectivity index (χ3n) is 1.21. The summed E-state index contributed by atoms with van der Waals surface area (Å²) in [6.07, 6.45) is 0. The Morgan fingerprint density at radius 1 is 1.50 bits per heavy atom. The van der Waals surface area contributed by atoms with Crippen LogP contribution in [0.4, 0.5) is 0 Å². The summed E-state index contributed by atoms with van der Waals surface area (Å²) in [5.41, 5.74) is 0. The van der Waals surface area contributed by atoms with Crippen LogP contribution in [0.3, 0.4) is 0 Å². The molecule has 50 valence electrons. The number of hydrogen-bond acceptors (Lipinski definition) is 3. The summed E-state index contributed by atoms with van der Waals surface area (Å²) < 4.78 is -0.179. The largest absolute Gasteiger partial charge is 0.179 e. The van der Waals surface area contributed by atoms with E-state index in [-0.39, 0.29) is 4.08 Å². The molecule has 0 radical (unpaired) electrons. The quantitative estimate of drug-likeness (QED) is 0.408. The van der Waals surface area contributed by atoms with Crippen LogP contribution in [0.1, 0.15) is 13.8 Å². The van der Waals surface area contributed by atoms with Crippen molar-refractivity contribution in [2.24, 2.45) is 5.92 Å². The zero-order chi connectivity index (χ0) is 6.78. The second kappa shape index (κ2) is 3.28. The molecule has 0 aliphatic rings. The van der Waals surface area contributed by atoms with E-state index in [1.807, 2.05) is 6.92 Å². The van der Waals surface area contributed by atoms with Crippen molar-refractivity contribution in [2.45, 2.75) is 17.9 Å². The lowest BCUT2D eigenvalue weighted by molar-refractivity contribution is 0.624. The second-order valence-corrected chi connectivity index (χ2v) is 4.75. The SMILES string of the molecule is CC(CS)C(C)(S)S. The molecule has 0 aromatic heterocycles. The number of hydrogen-bond donors (Lipinski definition) is 3. The first kappa shape index (κ1) is 9.05. The highest BCUT2D eigenvalue weighted by molar-refractivity contribution is 8.00. The molecule has 0 bridgehead atoms. The van der Waals surface area contributed by atoms with Gasteiger partial charge in [0, 0.05) is 0 Å². The highest BCUT2D eigenvalue weighted by Gasteiger charge is 2.19. The van der Waals surface area contributed by atoms with Crippen LogP contribution in [-0.2, 0) is 0 Å². The van der Waals surface area contributed by atoms with E-state index in [1.165, 1.54) is 0 Å². The van der Waals surface area contributed by atoms with Crippen LogP contribution in [0.25, 0.3) is 0 Å². The summed E-state index contributed by atoms with van der Waals surface area (Å²) in [5, 5.41) is 0. The minimum atomic E-state index is -0.179. The third-order valence-corrected chi connectivity index (χ3v) is 2.64. The van der Waals surface area contributed by atoms with Crippen molar-refractivity contribution in [3.63, 3.8) is 0 Å². The van der Waals surface area contributed by atoms with Gasteiger partial charge in [0.1, 0.15) is 0 Å². The molecule has 0 amide bonds. The van der Waals surface area contributed by atoms with E-state index in [0.29, 0.717) is 5.92 Å². The zero-order valence-electron chi connectivity index (χ0n) is 5.13. The van der Waals surface area contributed by atoms with Crippen LogP contribution in [0.2, 0.25) is 0 Å². The summed E-state index contributed by atoms with van der Waals surface area (Å²) in [7, 11) is 0. The highest BCUT2D eigenvalue weighted by Crippen LogP contribution is 2.28. The molecule has 3 heteroatoms. The second-order valence-electron chi connectivity index (χ2n) is 2.18. The molecule has 1 unspecified atom stereocenters. The van der Waals surface area contributed by atoms with Gasteiger partial charge < -0.3 is 0 Å². The molecule has 0 saturated carbocycles. The maximum atomic E-state index is 4.24. The molecule has 0 aliphatic carbocycles. The van der Waals surface area contributed by atoms with Gasteiger partial charge in [-0.05, 0) is 18.6 Å². The molecule has 1 atom stereocenters. The average molecular weight is 168 g/mol. The Labute approximate surface area is 67.7 Å². The fourth-order valence-electron chi connectivity index (χ4n) is 0.173. The standard InChI is InChI=1S/C5H12S3/c1-4(3-6)5(2,7)8/h4,6-8H,3H2,1-2H3. The van der Waals surface area contributed by atoms with Crippen LogP contribution < -0.4 is 0 Å². The number of rotatable bonds is 2. The van der Waals surface area contributed by atoms with E-state index in [2.05, 4.69) is 44.8 Å². The fraction of sp³-hybridized carbons (Fsp3) is 1.00. The molecule has 0 aromatic rings. The van der Waals surface area contributed by atoms with E-state index >= 15 is 0 Å². The highest BCUT2D eigenvalue weighted by atomic mass is 32.2. The van der Waals surface area contributed by atoms with Crippen molar-refractivity contribution >= 4 is 37.9 Å². The Balaban J connectivity index is 3.62. The van der Waals surface area contributed by atoms with Gasteiger partial charge in [-0.3, -0.25) is 0 Å². The molecule has 0 rings (SSSR count). The van der Waals surface area contributed by atoms with E-state index in [0.717, 1.165) is 5.75 Å². The predicted octanol–water partition coefficient (Wildman–Crippen LogP) is 2.13. The van der Waals surface area contributed by atoms with Crippen molar-refractivity contribution in [1.82, 2.24) is 0 Å². The van der Waals surface area contributed by atoms with E-state index < -0.39 is 0 Å². The van der Waals surface area contributed by atoms with Gasteiger partial charge in [0.25, 0.3) is 0 Å². The minimum Gasteiger partial charge on any atom is -0.179 e. The lowest BCUT2D eigenvalue weighted by atomic mass is 10.1. The first-order chi connectivity index (χ1) is 3.48. The summed E-state index contributed by atoms with van der Waals surface area (Å²) in [5.74, 6) is 1.28. The monoisotopic (exact) mass is 168 g/mol. The van der Waals surface area contributed by atoms with Crippen molar-refractivity contribution < 1.29 is 0 Å². The Kier molecular flexibility index (Phi) is 3.71. The van der Waals surface area contributed by atoms with Crippen LogP contribution >= 0.6 is 37.9 Å². The molecule has 0 nitrogen and oxygen atoms in total. The van der Waals surface area contributed by atoms with Crippen molar-refractivity contribution in [1.29, 1.82) is 0 Å². The molecule has 0 aromatic carbocycles. The number of thiol groups is 3. The summed E-state index contributed by atoms with van der Waals surface area (Å²) >= 11 is 12.6. The smallest absolute Gasteiger partial charge is 0.0557 e. The Morgan fingerprint density at radius 2 is 1.88 bits per heavy atom. The van der Waals surface area contributed by atoms with E-state index in [4.69, 9.17) is 0 Å². The van der Waals surface area contributed by atoms with Crippen LogP contribution in [0.5, 0.6) is 0 Å². The first-order valence-electron chi connectivity index (χ1n) is 2.54. The van der Waals surface area contributed by atoms with Gasteiger partial charge >= 0.3 is 0 Å². The summed E-state index contributed by atoms with van der Waals surface area (Å²) in [4.78, 5) is 0. The van der Waals surface area contributed by atoms with Crippen LogP contribution in [0.15, 0.2) is 0 Å². The lowest BCUT2D eigenvalue weighted by Crippen LogP contribution is -2.20. The molecule has 0 spiro atoms. The molecular weight excluding hydrogens is 156 g/mol. The predicted molar refractivity (Wildman–Crippen MR) is 49.4 cm³/mol. The molecule has 0 N–H and O–H groups in total. The van der Waals surface area contributed by atoms with Gasteiger partial charge in [0.05, 0.1) is 4.08 Å². The first-order valence-corrected chi connectivity index (χ1v) is 4.06. The Morgan fingerprint density at radius 3 is 1.88 bits per heavy atom.